The first-order chi connectivity index (χ1) is 15.1. The zero-order chi connectivity index (χ0) is 22.9. The summed E-state index contributed by atoms with van der Waals surface area (Å²) in [6, 6.07) is 5.17. The van der Waals surface area contributed by atoms with E-state index in [1.807, 2.05) is 6.07 Å². The number of ether oxygens (including phenoxy) is 1. The fraction of sp³-hybridized carbons (Fsp3) is 0.409. The van der Waals surface area contributed by atoms with Gasteiger partial charge in [0.2, 0.25) is 5.67 Å². The number of rotatable bonds is 3. The summed E-state index contributed by atoms with van der Waals surface area (Å²) in [6.45, 7) is 5.19. The zero-order valence-electron chi connectivity index (χ0n) is 18.2. The van der Waals surface area contributed by atoms with Crippen molar-refractivity contribution >= 4 is 28.7 Å². The Kier molecular flexibility index (Phi) is 5.53. The van der Waals surface area contributed by atoms with Gasteiger partial charge in [0, 0.05) is 29.9 Å². The van der Waals surface area contributed by atoms with Crippen LogP contribution in [0.3, 0.4) is 0 Å². The van der Waals surface area contributed by atoms with E-state index < -0.39 is 23.3 Å². The molecular weight excluding hydrogens is 415 g/mol. The van der Waals surface area contributed by atoms with Crippen molar-refractivity contribution in [1.29, 1.82) is 0 Å². The highest BCUT2D eigenvalue weighted by Crippen LogP contribution is 2.29. The van der Waals surface area contributed by atoms with Crippen molar-refractivity contribution in [2.45, 2.75) is 44.9 Å². The van der Waals surface area contributed by atoms with Crippen LogP contribution in [0.25, 0.3) is 22.2 Å². The number of hydrogen-bond donors (Lipinski definition) is 2. The number of H-pyrrole nitrogens is 1. The van der Waals surface area contributed by atoms with E-state index in [9.17, 15) is 9.59 Å². The summed E-state index contributed by atoms with van der Waals surface area (Å²) in [4.78, 5) is 34.9. The summed E-state index contributed by atoms with van der Waals surface area (Å²) >= 11 is 0. The fourth-order valence-corrected chi connectivity index (χ4v) is 3.60. The molecule has 4 rings (SSSR count). The molecule has 0 unspecified atom stereocenters. The van der Waals surface area contributed by atoms with Crippen molar-refractivity contribution in [3.05, 3.63) is 36.8 Å². The summed E-state index contributed by atoms with van der Waals surface area (Å²) in [7, 11) is 0. The molecule has 2 amide bonds. The van der Waals surface area contributed by atoms with Crippen molar-refractivity contribution < 1.29 is 18.7 Å². The quantitative estimate of drug-likeness (QED) is 0.642. The van der Waals surface area contributed by atoms with Crippen molar-refractivity contribution in [2.24, 2.45) is 0 Å². The Labute approximate surface area is 184 Å². The van der Waals surface area contributed by atoms with E-state index in [1.165, 1.54) is 4.90 Å². The SMILES string of the molecule is CC(C)(C)OC(=O)N1CCC[C@](F)(C(=O)Nc2ccc(-c3nccc4cn[nH]c34)cn2)C1. The molecule has 3 aromatic rings. The average Bonchev–Trinajstić information content (AvgIpc) is 3.22. The molecule has 3 aromatic heterocycles. The van der Waals surface area contributed by atoms with Crippen LogP contribution in [-0.4, -0.2) is 61.4 Å². The number of fused-ring (bicyclic) bond motifs is 1. The molecule has 10 heteroatoms. The molecule has 1 aliphatic rings. The number of nitrogens with zero attached hydrogens (tertiary/aromatic N) is 4. The molecule has 0 spiro atoms. The Hall–Kier alpha value is -3.56. The maximum atomic E-state index is 15.5. The van der Waals surface area contributed by atoms with Gasteiger partial charge in [-0.15, -0.1) is 0 Å². The van der Waals surface area contributed by atoms with E-state index in [0.717, 1.165) is 16.5 Å². The van der Waals surface area contributed by atoms with Gasteiger partial charge in [-0.2, -0.15) is 5.10 Å². The molecule has 1 saturated heterocycles. The molecule has 1 aliphatic heterocycles. The van der Waals surface area contributed by atoms with Crippen LogP contribution >= 0.6 is 0 Å². The molecule has 168 valence electrons. The van der Waals surface area contributed by atoms with Crippen LogP contribution in [0.5, 0.6) is 0 Å². The topological polar surface area (TPSA) is 113 Å². The first-order valence-corrected chi connectivity index (χ1v) is 10.4. The normalized spacial score (nSPS) is 19.1. The van der Waals surface area contributed by atoms with Gasteiger partial charge in [-0.1, -0.05) is 0 Å². The number of halogens is 1. The van der Waals surface area contributed by atoms with E-state index in [4.69, 9.17) is 4.74 Å². The number of alkyl halides is 1. The second-order valence-electron chi connectivity index (χ2n) is 8.85. The highest BCUT2D eigenvalue weighted by atomic mass is 19.1. The second kappa shape index (κ2) is 8.18. The van der Waals surface area contributed by atoms with Crippen LogP contribution in [0, 0.1) is 0 Å². The minimum atomic E-state index is -2.22. The van der Waals surface area contributed by atoms with Gasteiger partial charge in [0.05, 0.1) is 24.0 Å². The van der Waals surface area contributed by atoms with E-state index in [1.54, 1.807) is 51.5 Å². The Morgan fingerprint density at radius 1 is 1.22 bits per heavy atom. The van der Waals surface area contributed by atoms with Gasteiger partial charge in [0.1, 0.15) is 11.4 Å². The predicted octanol–water partition coefficient (Wildman–Crippen LogP) is 3.70. The van der Waals surface area contributed by atoms with Gasteiger partial charge in [0.25, 0.3) is 5.91 Å². The van der Waals surface area contributed by atoms with E-state index in [2.05, 4.69) is 25.5 Å². The van der Waals surface area contributed by atoms with Crippen molar-refractivity contribution in [3.8, 4) is 11.3 Å². The number of piperidine rings is 1. The smallest absolute Gasteiger partial charge is 0.410 e. The van der Waals surface area contributed by atoms with E-state index >= 15 is 4.39 Å². The van der Waals surface area contributed by atoms with Gasteiger partial charge in [-0.25, -0.2) is 14.2 Å². The maximum absolute atomic E-state index is 15.5. The van der Waals surface area contributed by atoms with Crippen LogP contribution < -0.4 is 5.32 Å². The molecular formula is C22H25FN6O3. The lowest BCUT2D eigenvalue weighted by molar-refractivity contribution is -0.130. The lowest BCUT2D eigenvalue weighted by Crippen LogP contribution is -2.54. The average molecular weight is 440 g/mol. The first kappa shape index (κ1) is 21.7. The molecule has 0 bridgehead atoms. The molecule has 2 N–H and O–H groups in total. The molecule has 9 nitrogen and oxygen atoms in total. The number of amides is 2. The summed E-state index contributed by atoms with van der Waals surface area (Å²) in [5.41, 5.74) is -0.748. The summed E-state index contributed by atoms with van der Waals surface area (Å²) < 4.78 is 20.8. The third-order valence-corrected chi connectivity index (χ3v) is 5.14. The number of likely N-dealkylation sites (tertiary alicyclic amines) is 1. The number of pyridine rings is 2. The zero-order valence-corrected chi connectivity index (χ0v) is 18.2. The molecule has 4 heterocycles. The molecule has 0 aromatic carbocycles. The van der Waals surface area contributed by atoms with Crippen LogP contribution in [-0.2, 0) is 9.53 Å². The number of hydrogen-bond acceptors (Lipinski definition) is 6. The molecule has 1 fully saturated rings. The monoisotopic (exact) mass is 440 g/mol. The van der Waals surface area contributed by atoms with Gasteiger partial charge in [-0.3, -0.25) is 14.9 Å². The summed E-state index contributed by atoms with van der Waals surface area (Å²) in [5, 5.41) is 10.4. The van der Waals surface area contributed by atoms with Crippen molar-refractivity contribution in [3.63, 3.8) is 0 Å². The lowest BCUT2D eigenvalue weighted by atomic mass is 9.94. The van der Waals surface area contributed by atoms with Gasteiger partial charge in [0.15, 0.2) is 0 Å². The molecule has 0 saturated carbocycles. The number of carbonyl (C=O) groups is 2. The molecule has 0 aliphatic carbocycles. The summed E-state index contributed by atoms with van der Waals surface area (Å²) in [5.74, 6) is -0.623. The van der Waals surface area contributed by atoms with Crippen molar-refractivity contribution in [2.75, 3.05) is 18.4 Å². The third kappa shape index (κ3) is 4.53. The first-order valence-electron chi connectivity index (χ1n) is 10.4. The number of nitrogens with one attached hydrogen (secondary N) is 2. The largest absolute Gasteiger partial charge is 0.444 e. The van der Waals surface area contributed by atoms with Gasteiger partial charge in [-0.05, 0) is 51.8 Å². The van der Waals surface area contributed by atoms with Crippen LogP contribution in [0.15, 0.2) is 36.8 Å². The number of carbonyl (C=O) groups excluding carboxylic acids is 2. The van der Waals surface area contributed by atoms with Gasteiger partial charge < -0.3 is 15.0 Å². The molecule has 1 atom stereocenters. The minimum Gasteiger partial charge on any atom is -0.444 e. The van der Waals surface area contributed by atoms with Crippen LogP contribution in [0.2, 0.25) is 0 Å². The van der Waals surface area contributed by atoms with Gasteiger partial charge >= 0.3 is 6.09 Å². The Balaban J connectivity index is 1.45. The van der Waals surface area contributed by atoms with Crippen LogP contribution in [0.1, 0.15) is 33.6 Å². The maximum Gasteiger partial charge on any atom is 0.410 e. The highest BCUT2D eigenvalue weighted by molar-refractivity contribution is 5.97. The minimum absolute atomic E-state index is 0.0158. The lowest BCUT2D eigenvalue weighted by Gasteiger charge is -2.36. The Morgan fingerprint density at radius 2 is 2.03 bits per heavy atom. The highest BCUT2D eigenvalue weighted by Gasteiger charge is 2.45. The number of aromatic nitrogens is 4. The molecule has 0 radical (unpaired) electrons. The fourth-order valence-electron chi connectivity index (χ4n) is 3.60. The summed E-state index contributed by atoms with van der Waals surface area (Å²) in [6.07, 6.45) is 4.67. The van der Waals surface area contributed by atoms with E-state index in [-0.39, 0.29) is 18.8 Å². The second-order valence-corrected chi connectivity index (χ2v) is 8.85. The Bertz CT molecular complexity index is 1140. The number of aromatic amines is 1. The van der Waals surface area contributed by atoms with Crippen molar-refractivity contribution in [1.82, 2.24) is 25.1 Å². The third-order valence-electron chi connectivity index (χ3n) is 5.14. The predicted molar refractivity (Wildman–Crippen MR) is 117 cm³/mol. The Morgan fingerprint density at radius 3 is 2.75 bits per heavy atom. The number of anilines is 1. The molecule has 32 heavy (non-hydrogen) atoms. The van der Waals surface area contributed by atoms with Crippen LogP contribution in [0.4, 0.5) is 15.0 Å². The van der Waals surface area contributed by atoms with E-state index in [0.29, 0.717) is 18.7 Å². The standard InChI is InChI=1S/C22H25FN6O3/c1-21(2,3)32-20(31)29-10-4-8-22(23,13-29)19(30)27-16-6-5-14(11-25-16)17-18-15(7-9-24-17)12-26-28-18/h5-7,9,11-12H,4,8,10,13H2,1-3H3,(H,26,28)(H,25,27,30)/t22-/m1/s1.